The molecule has 0 aromatic heterocycles. The van der Waals surface area contributed by atoms with Crippen molar-refractivity contribution in [3.63, 3.8) is 0 Å². The summed E-state index contributed by atoms with van der Waals surface area (Å²) in [6.07, 6.45) is 0. The molecule has 0 unspecified atom stereocenters. The van der Waals surface area contributed by atoms with Crippen molar-refractivity contribution in [1.29, 1.82) is 5.26 Å². The summed E-state index contributed by atoms with van der Waals surface area (Å²) in [6.45, 7) is 1.24. The molecule has 0 saturated heterocycles. The number of fused-ring (bicyclic) bond motifs is 3. The van der Waals surface area contributed by atoms with Crippen LogP contribution in [0.15, 0.2) is 66.7 Å². The first kappa shape index (κ1) is 15.7. The van der Waals surface area contributed by atoms with Crippen molar-refractivity contribution in [1.82, 2.24) is 0 Å². The zero-order chi connectivity index (χ0) is 19.1. The Morgan fingerprint density at radius 1 is 0.690 bits per heavy atom. The van der Waals surface area contributed by atoms with E-state index in [2.05, 4.69) is 72.8 Å². The molecule has 4 atom stereocenters. The van der Waals surface area contributed by atoms with Crippen molar-refractivity contribution in [2.45, 2.75) is 31.0 Å². The largest absolute Gasteiger partial charge is 0.372 e. The van der Waals surface area contributed by atoms with Crippen LogP contribution in [0.1, 0.15) is 45.6 Å². The van der Waals surface area contributed by atoms with Crippen LogP contribution in [0.5, 0.6) is 0 Å². The first-order chi connectivity index (χ1) is 14.4. The summed E-state index contributed by atoms with van der Waals surface area (Å²) >= 11 is 0. The molecule has 0 bridgehead atoms. The van der Waals surface area contributed by atoms with Gasteiger partial charge >= 0.3 is 0 Å². The van der Waals surface area contributed by atoms with E-state index in [0.717, 1.165) is 0 Å². The van der Waals surface area contributed by atoms with E-state index in [1.807, 2.05) is 0 Å². The van der Waals surface area contributed by atoms with Gasteiger partial charge in [0.15, 0.2) is 0 Å². The molecule has 1 aliphatic heterocycles. The molecule has 0 N–H and O–H groups in total. The second-order valence-electron chi connectivity index (χ2n) is 8.67. The number of nitriles is 1. The average molecular weight is 373 g/mol. The molecular formula is C27H19NO. The molecule has 3 aliphatic rings. The van der Waals surface area contributed by atoms with Crippen LogP contribution in [0.25, 0.3) is 21.5 Å². The van der Waals surface area contributed by atoms with Crippen LogP contribution in [0, 0.1) is 17.2 Å². The predicted molar refractivity (Wildman–Crippen MR) is 114 cm³/mol. The van der Waals surface area contributed by atoms with Crippen LogP contribution in [-0.4, -0.2) is 0 Å². The van der Waals surface area contributed by atoms with Crippen LogP contribution in [-0.2, 0) is 18.0 Å². The van der Waals surface area contributed by atoms with Gasteiger partial charge in [0, 0.05) is 17.8 Å². The van der Waals surface area contributed by atoms with Gasteiger partial charge in [0.2, 0.25) is 0 Å². The highest BCUT2D eigenvalue weighted by molar-refractivity contribution is 6.13. The van der Waals surface area contributed by atoms with E-state index in [9.17, 15) is 5.26 Å². The summed E-state index contributed by atoms with van der Waals surface area (Å²) in [6, 6.07) is 26.9. The lowest BCUT2D eigenvalue weighted by Gasteiger charge is -2.53. The Bertz CT molecular complexity index is 1380. The Morgan fingerprint density at radius 2 is 1.41 bits per heavy atom. The third-order valence-electron chi connectivity index (χ3n) is 7.51. The average Bonchev–Trinajstić information content (AvgIpc) is 2.80. The molecule has 7 rings (SSSR count). The maximum absolute atomic E-state index is 10.2. The summed E-state index contributed by atoms with van der Waals surface area (Å²) < 4.78 is 6.19. The molecule has 0 spiro atoms. The lowest BCUT2D eigenvalue weighted by molar-refractivity contribution is 0.107. The van der Waals surface area contributed by atoms with Crippen molar-refractivity contribution >= 4 is 21.5 Å². The van der Waals surface area contributed by atoms with E-state index in [1.165, 1.54) is 49.4 Å². The van der Waals surface area contributed by atoms with Gasteiger partial charge in [-0.2, -0.15) is 5.26 Å². The van der Waals surface area contributed by atoms with Gasteiger partial charge in [-0.05, 0) is 49.4 Å². The zero-order valence-electron chi connectivity index (χ0n) is 15.9. The van der Waals surface area contributed by atoms with Crippen LogP contribution < -0.4 is 0 Å². The number of hydrogen-bond acceptors (Lipinski definition) is 2. The molecule has 0 radical (unpaired) electrons. The number of ether oxygens (including phenoxy) is 1. The van der Waals surface area contributed by atoms with Crippen LogP contribution in [0.2, 0.25) is 0 Å². The minimum atomic E-state index is 0.00122. The van der Waals surface area contributed by atoms with E-state index in [-0.39, 0.29) is 17.8 Å². The molecule has 29 heavy (non-hydrogen) atoms. The highest BCUT2D eigenvalue weighted by atomic mass is 16.5. The van der Waals surface area contributed by atoms with E-state index in [1.54, 1.807) is 0 Å². The number of rotatable bonds is 0. The lowest BCUT2D eigenvalue weighted by atomic mass is 9.48. The number of benzene rings is 4. The van der Waals surface area contributed by atoms with Crippen LogP contribution >= 0.6 is 0 Å². The molecule has 2 heteroatoms. The highest BCUT2D eigenvalue weighted by Crippen LogP contribution is 2.67. The van der Waals surface area contributed by atoms with E-state index in [0.29, 0.717) is 19.1 Å². The van der Waals surface area contributed by atoms with E-state index >= 15 is 0 Å². The summed E-state index contributed by atoms with van der Waals surface area (Å²) in [5.74, 6) is 0.845. The van der Waals surface area contributed by atoms with Gasteiger partial charge in [-0.25, -0.2) is 0 Å². The molecule has 4 aromatic rings. The van der Waals surface area contributed by atoms with Gasteiger partial charge < -0.3 is 4.74 Å². The number of nitrogens with zero attached hydrogens (tertiary/aromatic N) is 1. The summed E-state index contributed by atoms with van der Waals surface area (Å²) in [7, 11) is 0. The third kappa shape index (κ3) is 1.85. The second-order valence-corrected chi connectivity index (χ2v) is 8.67. The van der Waals surface area contributed by atoms with Gasteiger partial charge in [0.05, 0.1) is 25.2 Å². The topological polar surface area (TPSA) is 33.0 Å². The maximum atomic E-state index is 10.2. The first-order valence-corrected chi connectivity index (χ1v) is 10.4. The molecule has 0 amide bonds. The molecule has 2 aliphatic carbocycles. The normalized spacial score (nSPS) is 26.2. The monoisotopic (exact) mass is 373 g/mol. The van der Waals surface area contributed by atoms with Crippen LogP contribution in [0.4, 0.5) is 0 Å². The third-order valence-corrected chi connectivity index (χ3v) is 7.51. The van der Waals surface area contributed by atoms with Crippen LogP contribution in [0.3, 0.4) is 0 Å². The fourth-order valence-corrected chi connectivity index (χ4v) is 6.38. The Kier molecular flexibility index (Phi) is 2.97. The minimum absolute atomic E-state index is 0.00122. The quantitative estimate of drug-likeness (QED) is 0.347. The van der Waals surface area contributed by atoms with Crippen molar-refractivity contribution in [3.05, 3.63) is 94.5 Å². The van der Waals surface area contributed by atoms with Gasteiger partial charge in [-0.1, -0.05) is 66.7 Å². The highest BCUT2D eigenvalue weighted by Gasteiger charge is 2.56. The van der Waals surface area contributed by atoms with Gasteiger partial charge in [-0.3, -0.25) is 0 Å². The first-order valence-electron chi connectivity index (χ1n) is 10.4. The Balaban J connectivity index is 1.65. The standard InChI is InChI=1S/C27H19NO/c28-12-21-25-19-6-2-1-4-17(19)13-29-14-18-11-10-16-9-8-15-5-3-7-20-22(15)23(16)24(18)27(25)26(20)21/h1-11,21,25-27H,13-14H2/t21-,25-,26-,27+/m0/s1. The summed E-state index contributed by atoms with van der Waals surface area (Å²) in [5, 5.41) is 15.5. The zero-order valence-corrected chi connectivity index (χ0v) is 15.9. The van der Waals surface area contributed by atoms with Crippen molar-refractivity contribution in [2.75, 3.05) is 0 Å². The molecule has 1 heterocycles. The smallest absolute Gasteiger partial charge is 0.0724 e. The maximum Gasteiger partial charge on any atom is 0.0724 e. The fraction of sp³-hybridized carbons (Fsp3) is 0.222. The van der Waals surface area contributed by atoms with Crippen molar-refractivity contribution in [3.8, 4) is 6.07 Å². The van der Waals surface area contributed by atoms with E-state index in [4.69, 9.17) is 4.74 Å². The molecule has 1 fully saturated rings. The Hall–Kier alpha value is -3.15. The molecule has 138 valence electrons. The van der Waals surface area contributed by atoms with E-state index < -0.39 is 0 Å². The Labute approximate surface area is 169 Å². The summed E-state index contributed by atoms with van der Waals surface area (Å²) in [5.41, 5.74) is 6.63. The Morgan fingerprint density at radius 3 is 2.31 bits per heavy atom. The lowest BCUT2D eigenvalue weighted by Crippen LogP contribution is -2.43. The minimum Gasteiger partial charge on any atom is -0.372 e. The fourth-order valence-electron chi connectivity index (χ4n) is 6.38. The molecular weight excluding hydrogens is 354 g/mol. The predicted octanol–water partition coefficient (Wildman–Crippen LogP) is 6.14. The molecule has 1 saturated carbocycles. The van der Waals surface area contributed by atoms with Gasteiger partial charge in [0.25, 0.3) is 0 Å². The number of hydrogen-bond donors (Lipinski definition) is 0. The molecule has 4 aromatic carbocycles. The SMILES string of the molecule is N#C[C@H]1[C@@H]2c3ccccc3COCc3ccc4ccc5cccc6c5c4c3[C@H]2[C@@H]61. The second kappa shape index (κ2) is 5.47. The van der Waals surface area contributed by atoms with Crippen molar-refractivity contribution < 1.29 is 4.74 Å². The van der Waals surface area contributed by atoms with Gasteiger partial charge in [-0.15, -0.1) is 0 Å². The van der Waals surface area contributed by atoms with Crippen molar-refractivity contribution in [2.24, 2.45) is 5.92 Å². The molecule has 2 nitrogen and oxygen atoms in total. The summed E-state index contributed by atoms with van der Waals surface area (Å²) in [4.78, 5) is 0. The van der Waals surface area contributed by atoms with Gasteiger partial charge in [0.1, 0.15) is 0 Å².